The van der Waals surface area contributed by atoms with Crippen LogP contribution in [0.4, 0.5) is 0 Å². The maximum Gasteiger partial charge on any atom is 1.00 e. The minimum absolute atomic E-state index is 0. The predicted octanol–water partition coefficient (Wildman–Crippen LogP) is -1.13. The Morgan fingerprint density at radius 3 is 2.30 bits per heavy atom. The fraction of sp³-hybridized carbons (Fsp3) is 0.867. The third kappa shape index (κ3) is 7.09. The number of rotatable bonds is 9. The van der Waals surface area contributed by atoms with E-state index in [9.17, 15) is 14.7 Å². The number of hydrogen-bond acceptors (Lipinski definition) is 3. The van der Waals surface area contributed by atoms with Crippen molar-refractivity contribution in [3.63, 3.8) is 0 Å². The molecule has 1 aliphatic heterocycles. The van der Waals surface area contributed by atoms with E-state index in [-0.39, 0.29) is 35.5 Å². The van der Waals surface area contributed by atoms with Crippen LogP contribution in [-0.2, 0) is 9.59 Å². The van der Waals surface area contributed by atoms with Crippen molar-refractivity contribution in [2.45, 2.75) is 77.2 Å². The van der Waals surface area contributed by atoms with E-state index in [1.54, 1.807) is 0 Å². The number of carboxylic acids is 1. The van der Waals surface area contributed by atoms with Crippen molar-refractivity contribution in [3.05, 3.63) is 0 Å². The van der Waals surface area contributed by atoms with Crippen molar-refractivity contribution in [1.29, 1.82) is 0 Å². The largest absolute Gasteiger partial charge is 1.00 e. The fourth-order valence-corrected chi connectivity index (χ4v) is 2.69. The van der Waals surface area contributed by atoms with Crippen LogP contribution in [0.5, 0.6) is 0 Å². The minimum Gasteiger partial charge on any atom is -0.548 e. The number of likely N-dealkylation sites (tertiary alicyclic amines) is 1. The van der Waals surface area contributed by atoms with Gasteiger partial charge in [0.1, 0.15) is 0 Å². The quantitative estimate of drug-likeness (QED) is 0.399. The molecular weight excluding hydrogens is 265 g/mol. The molecule has 1 amide bonds. The summed E-state index contributed by atoms with van der Waals surface area (Å²) in [4.78, 5) is 24.3. The molecule has 0 aromatic carbocycles. The zero-order chi connectivity index (χ0) is 14.1. The van der Waals surface area contributed by atoms with Crippen LogP contribution in [0.15, 0.2) is 0 Å². The zero-order valence-corrected chi connectivity index (χ0v) is 15.0. The number of carbonyl (C=O) groups is 2. The van der Waals surface area contributed by atoms with Crippen LogP contribution in [0, 0.1) is 0 Å². The number of hydrogen-bond donors (Lipinski definition) is 0. The second-order valence-corrected chi connectivity index (χ2v) is 5.44. The molecule has 1 saturated heterocycles. The van der Waals surface area contributed by atoms with E-state index < -0.39 is 12.0 Å². The number of carbonyl (C=O) groups excluding carboxylic acids is 2. The van der Waals surface area contributed by atoms with Crippen molar-refractivity contribution >= 4 is 11.9 Å². The Balaban J connectivity index is 0.00000361. The van der Waals surface area contributed by atoms with E-state index in [1.165, 1.54) is 37.0 Å². The summed E-state index contributed by atoms with van der Waals surface area (Å²) in [6.45, 7) is 2.77. The number of nitrogens with zero attached hydrogens (tertiary/aromatic N) is 1. The van der Waals surface area contributed by atoms with Crippen LogP contribution < -0.4 is 34.7 Å². The standard InChI is InChI=1S/C15H27NO3.Na/c1-2-3-4-5-6-7-8-11-14(17)16-12-9-10-13(16)15(18)19;/h13H,2-12H2,1H3,(H,18,19);/q;+1/p-1. The Kier molecular flexibility index (Phi) is 11.5. The van der Waals surface area contributed by atoms with E-state index in [2.05, 4.69) is 6.92 Å². The first-order valence-corrected chi connectivity index (χ1v) is 7.67. The fourth-order valence-electron chi connectivity index (χ4n) is 2.69. The summed E-state index contributed by atoms with van der Waals surface area (Å²) in [5.41, 5.74) is 0. The molecule has 0 bridgehead atoms. The maximum atomic E-state index is 11.9. The van der Waals surface area contributed by atoms with E-state index in [0.29, 0.717) is 19.4 Å². The predicted molar refractivity (Wildman–Crippen MR) is 72.4 cm³/mol. The Morgan fingerprint density at radius 1 is 1.10 bits per heavy atom. The van der Waals surface area contributed by atoms with E-state index >= 15 is 0 Å². The first-order chi connectivity index (χ1) is 9.16. The molecule has 1 atom stereocenters. The topological polar surface area (TPSA) is 60.4 Å². The van der Waals surface area contributed by atoms with Crippen LogP contribution in [0.3, 0.4) is 0 Å². The van der Waals surface area contributed by atoms with E-state index in [1.807, 2.05) is 0 Å². The molecule has 0 aliphatic carbocycles. The summed E-state index contributed by atoms with van der Waals surface area (Å²) >= 11 is 0. The number of aliphatic carboxylic acids is 1. The molecule has 1 aliphatic rings. The maximum absolute atomic E-state index is 11.9. The molecule has 0 aromatic heterocycles. The van der Waals surface area contributed by atoms with Gasteiger partial charge in [-0.05, 0) is 19.3 Å². The molecule has 1 unspecified atom stereocenters. The second-order valence-electron chi connectivity index (χ2n) is 5.44. The normalized spacial score (nSPS) is 17.9. The Morgan fingerprint density at radius 2 is 1.70 bits per heavy atom. The molecule has 1 fully saturated rings. The monoisotopic (exact) mass is 291 g/mol. The number of unbranched alkanes of at least 4 members (excludes halogenated alkanes) is 6. The summed E-state index contributed by atoms with van der Waals surface area (Å²) < 4.78 is 0. The van der Waals surface area contributed by atoms with Crippen molar-refractivity contribution in [3.8, 4) is 0 Å². The van der Waals surface area contributed by atoms with Crippen LogP contribution >= 0.6 is 0 Å². The average Bonchev–Trinajstić information content (AvgIpc) is 2.87. The first kappa shape index (κ1) is 19.9. The molecule has 5 heteroatoms. The van der Waals surface area contributed by atoms with E-state index in [4.69, 9.17) is 0 Å². The Hall–Kier alpha value is -0.0600. The molecule has 0 N–H and O–H groups in total. The van der Waals surface area contributed by atoms with Crippen molar-refractivity contribution in [1.82, 2.24) is 4.90 Å². The van der Waals surface area contributed by atoms with Gasteiger partial charge in [-0.2, -0.15) is 0 Å². The molecule has 0 spiro atoms. The van der Waals surface area contributed by atoms with Gasteiger partial charge in [0, 0.05) is 13.0 Å². The molecule has 0 radical (unpaired) electrons. The smallest absolute Gasteiger partial charge is 0.548 e. The third-order valence-electron chi connectivity index (χ3n) is 3.84. The second kappa shape index (κ2) is 11.6. The molecule has 4 nitrogen and oxygen atoms in total. The van der Waals surface area contributed by atoms with Gasteiger partial charge in [-0.3, -0.25) is 4.79 Å². The van der Waals surface area contributed by atoms with Crippen molar-refractivity contribution in [2.24, 2.45) is 0 Å². The Labute approximate surface area is 144 Å². The molecule has 1 heterocycles. The van der Waals surface area contributed by atoms with Gasteiger partial charge in [0.05, 0.1) is 12.0 Å². The molecule has 20 heavy (non-hydrogen) atoms. The SMILES string of the molecule is CCCCCCCCCC(=O)N1CCCC1C(=O)[O-].[Na+]. The summed E-state index contributed by atoms with van der Waals surface area (Å²) in [5, 5.41) is 10.9. The minimum atomic E-state index is -1.11. The van der Waals surface area contributed by atoms with Crippen LogP contribution in [0.1, 0.15) is 71.1 Å². The molecule has 110 valence electrons. The van der Waals surface area contributed by atoms with Gasteiger partial charge in [0.15, 0.2) is 0 Å². The summed E-state index contributed by atoms with van der Waals surface area (Å²) in [7, 11) is 0. The molecule has 1 rings (SSSR count). The van der Waals surface area contributed by atoms with Crippen LogP contribution in [0.25, 0.3) is 0 Å². The molecule has 0 aromatic rings. The summed E-state index contributed by atoms with van der Waals surface area (Å²) in [5.74, 6) is -1.12. The van der Waals surface area contributed by atoms with Crippen molar-refractivity contribution < 1.29 is 44.3 Å². The number of amides is 1. The van der Waals surface area contributed by atoms with Gasteiger partial charge in [-0.15, -0.1) is 0 Å². The summed E-state index contributed by atoms with van der Waals surface area (Å²) in [6.07, 6.45) is 10.00. The van der Waals surface area contributed by atoms with Crippen molar-refractivity contribution in [2.75, 3.05) is 6.54 Å². The molecular formula is C15H26NNaO3. The van der Waals surface area contributed by atoms with Gasteiger partial charge >= 0.3 is 29.6 Å². The zero-order valence-electron chi connectivity index (χ0n) is 13.0. The molecule has 0 saturated carbocycles. The first-order valence-electron chi connectivity index (χ1n) is 7.67. The van der Waals surface area contributed by atoms with Gasteiger partial charge in [0.25, 0.3) is 0 Å². The van der Waals surface area contributed by atoms with Gasteiger partial charge in [-0.1, -0.05) is 45.4 Å². The number of carboxylic acid groups (broad SMARTS) is 1. The summed E-state index contributed by atoms with van der Waals surface area (Å²) in [6, 6.07) is -0.683. The van der Waals surface area contributed by atoms with Gasteiger partial charge < -0.3 is 14.8 Å². The van der Waals surface area contributed by atoms with Crippen LogP contribution in [0.2, 0.25) is 0 Å². The van der Waals surface area contributed by atoms with Gasteiger partial charge in [-0.25, -0.2) is 0 Å². The van der Waals surface area contributed by atoms with E-state index in [0.717, 1.165) is 19.3 Å². The van der Waals surface area contributed by atoms with Crippen LogP contribution in [-0.4, -0.2) is 29.4 Å². The average molecular weight is 291 g/mol. The Bertz CT molecular complexity index is 297. The van der Waals surface area contributed by atoms with Gasteiger partial charge in [0.2, 0.25) is 5.91 Å². The third-order valence-corrected chi connectivity index (χ3v) is 3.84.